The highest BCUT2D eigenvalue weighted by Gasteiger charge is 2.17. The molecule has 0 saturated carbocycles. The van der Waals surface area contributed by atoms with Gasteiger partial charge in [0.2, 0.25) is 5.91 Å². The van der Waals surface area contributed by atoms with Crippen molar-refractivity contribution in [3.63, 3.8) is 0 Å². The van der Waals surface area contributed by atoms with Crippen molar-refractivity contribution >= 4 is 58.3 Å². The van der Waals surface area contributed by atoms with E-state index in [1.54, 1.807) is 42.5 Å². The van der Waals surface area contributed by atoms with Crippen molar-refractivity contribution in [2.45, 2.75) is 17.1 Å². The van der Waals surface area contributed by atoms with E-state index >= 15 is 0 Å². The molecule has 1 atom stereocenters. The molecule has 0 aliphatic carbocycles. The maximum absolute atomic E-state index is 13.1. The number of para-hydroxylation sites is 1. The molecule has 0 spiro atoms. The first-order chi connectivity index (χ1) is 18.0. The fourth-order valence-electron chi connectivity index (χ4n) is 3.30. The minimum atomic E-state index is -0.436. The third-order valence-electron chi connectivity index (χ3n) is 5.19. The van der Waals surface area contributed by atoms with E-state index in [2.05, 4.69) is 16.0 Å². The van der Waals surface area contributed by atoms with Crippen molar-refractivity contribution in [1.82, 2.24) is 5.32 Å². The highest BCUT2D eigenvalue weighted by Crippen LogP contribution is 2.26. The van der Waals surface area contributed by atoms with E-state index in [9.17, 15) is 14.4 Å². The second-order valence-electron chi connectivity index (χ2n) is 7.99. The summed E-state index contributed by atoms with van der Waals surface area (Å²) in [6.45, 7) is 1.84. The van der Waals surface area contributed by atoms with Gasteiger partial charge in [-0.25, -0.2) is 0 Å². The molecule has 4 rings (SSSR count). The molecule has 0 fully saturated rings. The van der Waals surface area contributed by atoms with Crippen LogP contribution in [-0.2, 0) is 9.59 Å². The molecule has 0 radical (unpaired) electrons. The van der Waals surface area contributed by atoms with E-state index in [0.29, 0.717) is 11.3 Å². The lowest BCUT2D eigenvalue weighted by Gasteiger charge is -2.13. The number of carbonyl (C=O) groups is 3. The van der Waals surface area contributed by atoms with Gasteiger partial charge in [0.1, 0.15) is 5.70 Å². The second kappa shape index (κ2) is 12.7. The van der Waals surface area contributed by atoms with Gasteiger partial charge in [0.05, 0.1) is 5.25 Å². The molecule has 1 unspecified atom stereocenters. The molecular formula is C29H25N3O3S2. The number of hydrogen-bond acceptors (Lipinski definition) is 5. The zero-order valence-corrected chi connectivity index (χ0v) is 21.6. The van der Waals surface area contributed by atoms with Crippen molar-refractivity contribution < 1.29 is 14.4 Å². The quantitative estimate of drug-likeness (QED) is 0.177. The van der Waals surface area contributed by atoms with E-state index in [1.807, 2.05) is 73.0 Å². The van der Waals surface area contributed by atoms with Gasteiger partial charge in [-0.2, -0.15) is 0 Å². The van der Waals surface area contributed by atoms with Crippen molar-refractivity contribution in [3.8, 4) is 0 Å². The number of thioether (sulfide) groups is 1. The zero-order chi connectivity index (χ0) is 26.0. The molecule has 8 heteroatoms. The van der Waals surface area contributed by atoms with Crippen molar-refractivity contribution in [2.24, 2.45) is 0 Å². The average molecular weight is 528 g/mol. The van der Waals surface area contributed by atoms with Crippen LogP contribution in [0.5, 0.6) is 0 Å². The topological polar surface area (TPSA) is 87.3 Å². The van der Waals surface area contributed by atoms with Crippen molar-refractivity contribution in [1.29, 1.82) is 0 Å². The largest absolute Gasteiger partial charge is 0.325 e. The lowest BCUT2D eigenvalue weighted by molar-refractivity contribution is -0.115. The van der Waals surface area contributed by atoms with Crippen molar-refractivity contribution in [2.75, 3.05) is 10.6 Å². The molecule has 0 aliphatic rings. The maximum Gasteiger partial charge on any atom is 0.272 e. The van der Waals surface area contributed by atoms with Gasteiger partial charge in [-0.3, -0.25) is 14.4 Å². The molecule has 0 saturated heterocycles. The minimum absolute atomic E-state index is 0.0916. The van der Waals surface area contributed by atoms with Gasteiger partial charge in [-0.1, -0.05) is 42.5 Å². The number of carbonyl (C=O) groups excluding carboxylic acids is 3. The second-order valence-corrected chi connectivity index (χ2v) is 10.4. The summed E-state index contributed by atoms with van der Waals surface area (Å²) in [5, 5.41) is 10.1. The fourth-order valence-corrected chi connectivity index (χ4v) is 4.82. The Bertz CT molecular complexity index is 1370. The summed E-state index contributed by atoms with van der Waals surface area (Å²) in [5.41, 5.74) is 1.92. The monoisotopic (exact) mass is 527 g/mol. The number of amides is 3. The van der Waals surface area contributed by atoms with Gasteiger partial charge in [0.15, 0.2) is 0 Å². The number of hydrogen-bond donors (Lipinski definition) is 3. The average Bonchev–Trinajstić information content (AvgIpc) is 3.43. The summed E-state index contributed by atoms with van der Waals surface area (Å²) in [5.74, 6) is -0.896. The van der Waals surface area contributed by atoms with Gasteiger partial charge in [-0.05, 0) is 73.0 Å². The smallest absolute Gasteiger partial charge is 0.272 e. The molecule has 3 N–H and O–H groups in total. The number of nitrogens with one attached hydrogen (secondary N) is 3. The van der Waals surface area contributed by atoms with Gasteiger partial charge in [0, 0.05) is 26.7 Å². The third kappa shape index (κ3) is 7.67. The summed E-state index contributed by atoms with van der Waals surface area (Å²) in [4.78, 5) is 40.0. The van der Waals surface area contributed by atoms with Gasteiger partial charge >= 0.3 is 0 Å². The number of benzene rings is 3. The predicted octanol–water partition coefficient (Wildman–Crippen LogP) is 6.28. The van der Waals surface area contributed by atoms with Crippen LogP contribution in [0.1, 0.15) is 22.2 Å². The SMILES string of the molecule is CC(Sc1ccc(NC(=O)/C(=C/c2cccs2)NC(=O)c2ccccc2)cc1)C(=O)Nc1ccccc1. The van der Waals surface area contributed by atoms with E-state index in [0.717, 1.165) is 15.5 Å². The highest BCUT2D eigenvalue weighted by molar-refractivity contribution is 8.00. The van der Waals surface area contributed by atoms with Crippen LogP contribution >= 0.6 is 23.1 Å². The zero-order valence-electron chi connectivity index (χ0n) is 20.0. The Morgan fingerprint density at radius 3 is 2.08 bits per heavy atom. The number of anilines is 2. The Balaban J connectivity index is 1.39. The van der Waals surface area contributed by atoms with Crippen LogP contribution in [0.2, 0.25) is 0 Å². The van der Waals surface area contributed by atoms with Crippen LogP contribution in [0.4, 0.5) is 11.4 Å². The molecular weight excluding hydrogens is 502 g/mol. The van der Waals surface area contributed by atoms with E-state index in [4.69, 9.17) is 0 Å². The Labute approximate surface area is 223 Å². The Morgan fingerprint density at radius 2 is 1.43 bits per heavy atom. The highest BCUT2D eigenvalue weighted by atomic mass is 32.2. The van der Waals surface area contributed by atoms with E-state index < -0.39 is 5.91 Å². The van der Waals surface area contributed by atoms with Crippen LogP contribution in [0, 0.1) is 0 Å². The standard InChI is InChI=1S/C29H25N3O3S2/c1-20(27(33)30-22-11-6-3-7-12-22)37-24-16-14-23(15-17-24)31-29(35)26(19-25-13-8-18-36-25)32-28(34)21-9-4-2-5-10-21/h2-20H,1H3,(H,30,33)(H,31,35)(H,32,34)/b26-19-. The first-order valence-electron chi connectivity index (χ1n) is 11.5. The summed E-state index contributed by atoms with van der Waals surface area (Å²) in [6, 6.07) is 29.0. The van der Waals surface area contributed by atoms with Gasteiger partial charge in [-0.15, -0.1) is 23.1 Å². The van der Waals surface area contributed by atoms with Crippen LogP contribution in [0.25, 0.3) is 6.08 Å². The summed E-state index contributed by atoms with van der Waals surface area (Å²) >= 11 is 2.89. The molecule has 3 aromatic carbocycles. The lowest BCUT2D eigenvalue weighted by atomic mass is 10.2. The number of thiophene rings is 1. The van der Waals surface area contributed by atoms with Crippen LogP contribution < -0.4 is 16.0 Å². The van der Waals surface area contributed by atoms with E-state index in [-0.39, 0.29) is 22.8 Å². The molecule has 4 aromatic rings. The summed E-state index contributed by atoms with van der Waals surface area (Å²) in [7, 11) is 0. The molecule has 3 amide bonds. The molecule has 1 heterocycles. The van der Waals surface area contributed by atoms with Gasteiger partial charge < -0.3 is 16.0 Å². The molecule has 186 valence electrons. The molecule has 1 aromatic heterocycles. The molecule has 0 bridgehead atoms. The third-order valence-corrected chi connectivity index (χ3v) is 7.13. The minimum Gasteiger partial charge on any atom is -0.325 e. The fraction of sp³-hybridized carbons (Fsp3) is 0.0690. The van der Waals surface area contributed by atoms with Crippen LogP contribution in [0.3, 0.4) is 0 Å². The number of rotatable bonds is 9. The van der Waals surface area contributed by atoms with E-state index in [1.165, 1.54) is 23.1 Å². The first kappa shape index (κ1) is 25.9. The summed E-state index contributed by atoms with van der Waals surface area (Å²) in [6.07, 6.45) is 1.65. The lowest BCUT2D eigenvalue weighted by Crippen LogP contribution is -2.30. The van der Waals surface area contributed by atoms with Crippen LogP contribution in [0.15, 0.2) is 113 Å². The molecule has 6 nitrogen and oxygen atoms in total. The van der Waals surface area contributed by atoms with Crippen LogP contribution in [-0.4, -0.2) is 23.0 Å². The molecule has 0 aliphatic heterocycles. The Morgan fingerprint density at radius 1 is 0.784 bits per heavy atom. The first-order valence-corrected chi connectivity index (χ1v) is 13.3. The van der Waals surface area contributed by atoms with Crippen molar-refractivity contribution in [3.05, 3.63) is 119 Å². The Kier molecular flexibility index (Phi) is 8.91. The normalized spacial score (nSPS) is 11.9. The summed E-state index contributed by atoms with van der Waals surface area (Å²) < 4.78 is 0. The Hall–Kier alpha value is -4.14. The maximum atomic E-state index is 13.1. The predicted molar refractivity (Wildman–Crippen MR) is 152 cm³/mol. The molecule has 37 heavy (non-hydrogen) atoms. The van der Waals surface area contributed by atoms with Gasteiger partial charge in [0.25, 0.3) is 11.8 Å².